The molecule has 0 bridgehead atoms. The Morgan fingerprint density at radius 1 is 0.895 bits per heavy atom. The molecule has 6 rings (SSSR count). The number of aliphatic hydroxyl groups excluding tert-OH is 1. The number of rotatable bonds is 3. The van der Waals surface area contributed by atoms with Gasteiger partial charge in [-0.1, -0.05) is 32.0 Å². The highest BCUT2D eigenvalue weighted by molar-refractivity contribution is 5.80. The second-order valence-electron chi connectivity index (χ2n) is 14.2. The molecule has 4 saturated carbocycles. The number of hydrogen-bond acceptors (Lipinski definition) is 3. The van der Waals surface area contributed by atoms with Crippen LogP contribution in [0.5, 0.6) is 5.75 Å². The topological polar surface area (TPSA) is 49.8 Å². The third-order valence-corrected chi connectivity index (χ3v) is 12.6. The van der Waals surface area contributed by atoms with Gasteiger partial charge in [-0.3, -0.25) is 4.79 Å². The number of aliphatic hydroxyl groups is 1. The lowest BCUT2D eigenvalue weighted by Gasteiger charge is -2.68. The van der Waals surface area contributed by atoms with Crippen LogP contribution in [0.25, 0.3) is 0 Å². The zero-order valence-electron chi connectivity index (χ0n) is 23.7. The number of halogens is 1. The largest absolute Gasteiger partial charge is 0.487 e. The van der Waals surface area contributed by atoms with E-state index in [-0.39, 0.29) is 28.4 Å². The van der Waals surface area contributed by atoms with E-state index in [1.807, 2.05) is 30.3 Å². The second-order valence-corrected chi connectivity index (χ2v) is 14.2. The van der Waals surface area contributed by atoms with Crippen LogP contribution in [0.3, 0.4) is 0 Å². The Bertz CT molecular complexity index is 1010. The molecule has 0 unspecified atom stereocenters. The number of benzene rings is 1. The summed E-state index contributed by atoms with van der Waals surface area (Å²) in [7, 11) is 0. The van der Waals surface area contributed by atoms with E-state index in [9.17, 15) is 14.3 Å². The van der Waals surface area contributed by atoms with Crippen molar-refractivity contribution < 1.29 is 19.0 Å². The van der Waals surface area contributed by atoms with Crippen LogP contribution in [0, 0.1) is 34.5 Å². The number of hydrogen-bond donors (Lipinski definition) is 1. The number of alkyl halides is 1. The molecule has 1 heterocycles. The van der Waals surface area contributed by atoms with E-state index < -0.39 is 12.3 Å². The van der Waals surface area contributed by atoms with E-state index in [0.717, 1.165) is 57.2 Å². The molecule has 0 spiro atoms. The number of fused-ring (bicyclic) bond motifs is 5. The van der Waals surface area contributed by atoms with Crippen molar-refractivity contribution in [1.82, 2.24) is 4.90 Å². The molecule has 5 fully saturated rings. The molecule has 1 amide bonds. The Balaban J connectivity index is 1.25. The lowest BCUT2D eigenvalue weighted by atomic mass is 9.40. The van der Waals surface area contributed by atoms with E-state index >= 15 is 0 Å². The number of ether oxygens (including phenoxy) is 1. The van der Waals surface area contributed by atoms with Crippen LogP contribution < -0.4 is 4.74 Å². The fourth-order valence-electron chi connectivity index (χ4n) is 10.2. The molecule has 38 heavy (non-hydrogen) atoms. The second kappa shape index (κ2) is 9.78. The summed E-state index contributed by atoms with van der Waals surface area (Å²) in [5.41, 5.74) is -0.0758. The van der Waals surface area contributed by atoms with Crippen molar-refractivity contribution in [3.05, 3.63) is 30.3 Å². The van der Waals surface area contributed by atoms with Gasteiger partial charge in [0, 0.05) is 23.4 Å². The van der Waals surface area contributed by atoms with Gasteiger partial charge < -0.3 is 14.7 Å². The Morgan fingerprint density at radius 2 is 1.61 bits per heavy atom. The van der Waals surface area contributed by atoms with Crippen molar-refractivity contribution in [3.8, 4) is 5.75 Å². The summed E-state index contributed by atoms with van der Waals surface area (Å²) in [5.74, 6) is 2.90. The lowest BCUT2D eigenvalue weighted by molar-refractivity contribution is -0.222. The maximum absolute atomic E-state index is 13.8. The number of nitrogens with zero attached hydrogens (tertiary/aromatic N) is 1. The average molecular weight is 526 g/mol. The van der Waals surface area contributed by atoms with Gasteiger partial charge in [0.25, 0.3) is 0 Å². The Kier molecular flexibility index (Phi) is 6.85. The van der Waals surface area contributed by atoms with Gasteiger partial charge >= 0.3 is 0 Å². The van der Waals surface area contributed by atoms with Gasteiger partial charge in [0.1, 0.15) is 18.0 Å². The molecule has 1 saturated heterocycles. The molecule has 8 atom stereocenters. The number of likely N-dealkylation sites (tertiary alicyclic amines) is 1. The summed E-state index contributed by atoms with van der Waals surface area (Å²) in [6.45, 7) is 8.15. The minimum atomic E-state index is -0.722. The molecular formula is C33H48FNO3. The zero-order valence-corrected chi connectivity index (χ0v) is 23.7. The van der Waals surface area contributed by atoms with Gasteiger partial charge in [0.2, 0.25) is 5.91 Å². The third kappa shape index (κ3) is 4.04. The van der Waals surface area contributed by atoms with Gasteiger partial charge in [-0.05, 0) is 119 Å². The molecule has 5 heteroatoms. The van der Waals surface area contributed by atoms with Gasteiger partial charge in [-0.2, -0.15) is 0 Å². The Morgan fingerprint density at radius 3 is 2.34 bits per heavy atom. The highest BCUT2D eigenvalue weighted by Gasteiger charge is 2.66. The van der Waals surface area contributed by atoms with Crippen molar-refractivity contribution in [2.75, 3.05) is 6.54 Å². The maximum atomic E-state index is 13.8. The average Bonchev–Trinajstić information content (AvgIpc) is 2.92. The fourth-order valence-corrected chi connectivity index (χ4v) is 10.2. The molecule has 1 aromatic carbocycles. The first-order valence-electron chi connectivity index (χ1n) is 15.5. The van der Waals surface area contributed by atoms with Crippen LogP contribution in [-0.4, -0.2) is 46.4 Å². The maximum Gasteiger partial charge on any atom is 0.226 e. The van der Waals surface area contributed by atoms with E-state index in [2.05, 4.69) is 25.7 Å². The summed E-state index contributed by atoms with van der Waals surface area (Å²) < 4.78 is 20.4. The Labute approximate surface area is 228 Å². The fraction of sp³-hybridized carbons (Fsp3) is 0.788. The van der Waals surface area contributed by atoms with E-state index in [1.165, 1.54) is 6.42 Å². The molecule has 5 aliphatic rings. The number of piperidine rings is 1. The van der Waals surface area contributed by atoms with Crippen LogP contribution in [0.2, 0.25) is 0 Å². The van der Waals surface area contributed by atoms with Crippen LogP contribution in [-0.2, 0) is 4.79 Å². The molecule has 0 radical (unpaired) electrons. The van der Waals surface area contributed by atoms with Crippen molar-refractivity contribution in [1.29, 1.82) is 0 Å². The predicted molar refractivity (Wildman–Crippen MR) is 147 cm³/mol. The van der Waals surface area contributed by atoms with Crippen LogP contribution in [0.4, 0.5) is 4.39 Å². The SMILES string of the molecule is C[C@]12CC[C@H]3[C@@H](CC[C@@]4(C)[C@@H](Oc5ccccc5)[C@@H](O)CC[C@]34C)[C@@H]1CCCN2C(=O)C1CCC(F)CC1. The van der Waals surface area contributed by atoms with Crippen molar-refractivity contribution in [2.45, 2.75) is 122 Å². The lowest BCUT2D eigenvalue weighted by Crippen LogP contribution is -2.69. The highest BCUT2D eigenvalue weighted by Crippen LogP contribution is 2.68. The van der Waals surface area contributed by atoms with Crippen molar-refractivity contribution in [3.63, 3.8) is 0 Å². The minimum absolute atomic E-state index is 0.0122. The number of carbonyl (C=O) groups excluding carboxylic acids is 1. The zero-order chi connectivity index (χ0) is 26.7. The van der Waals surface area contributed by atoms with Crippen LogP contribution >= 0.6 is 0 Å². The number of carbonyl (C=O) groups is 1. The van der Waals surface area contributed by atoms with Crippen LogP contribution in [0.1, 0.15) is 97.8 Å². The van der Waals surface area contributed by atoms with E-state index in [1.54, 1.807) is 0 Å². The number of para-hydroxylation sites is 1. The standard InChI is InChI=1S/C33H48FNO3/c1-31-19-17-28(36)29(38-24-8-5-4-6-9-24)32(31,2)18-15-25-26(31)16-20-33(3)27(25)10-7-21-35(33)30(37)22-11-13-23(34)14-12-22/h4-6,8-9,22-23,25-29,36H,7,10-21H2,1-3H3/t22?,23?,25-,26+,27+,28+,29+,31-,32+,33+/m1/s1. The van der Waals surface area contributed by atoms with Crippen molar-refractivity contribution in [2.24, 2.45) is 34.5 Å². The minimum Gasteiger partial charge on any atom is -0.487 e. The predicted octanol–water partition coefficient (Wildman–Crippen LogP) is 6.95. The Hall–Kier alpha value is -1.62. The first-order chi connectivity index (χ1) is 18.2. The molecule has 210 valence electrons. The summed E-state index contributed by atoms with van der Waals surface area (Å²) >= 11 is 0. The van der Waals surface area contributed by atoms with Crippen molar-refractivity contribution >= 4 is 5.91 Å². The molecule has 1 aliphatic heterocycles. The van der Waals surface area contributed by atoms with Crippen LogP contribution in [0.15, 0.2) is 30.3 Å². The first kappa shape index (κ1) is 26.6. The van der Waals surface area contributed by atoms with Gasteiger partial charge in [-0.25, -0.2) is 4.39 Å². The van der Waals surface area contributed by atoms with E-state index in [0.29, 0.717) is 49.3 Å². The van der Waals surface area contributed by atoms with Gasteiger partial charge in [-0.15, -0.1) is 0 Å². The first-order valence-corrected chi connectivity index (χ1v) is 15.5. The van der Waals surface area contributed by atoms with Gasteiger partial charge in [0.05, 0.1) is 6.10 Å². The summed E-state index contributed by atoms with van der Waals surface area (Å²) in [5, 5.41) is 11.2. The molecule has 0 aromatic heterocycles. The molecule has 1 N–H and O–H groups in total. The van der Waals surface area contributed by atoms with Gasteiger partial charge in [0.15, 0.2) is 0 Å². The highest BCUT2D eigenvalue weighted by atomic mass is 19.1. The third-order valence-electron chi connectivity index (χ3n) is 12.6. The monoisotopic (exact) mass is 525 g/mol. The smallest absolute Gasteiger partial charge is 0.226 e. The normalized spacial score (nSPS) is 46.9. The molecule has 4 aliphatic carbocycles. The summed E-state index contributed by atoms with van der Waals surface area (Å²) in [4.78, 5) is 16.1. The summed E-state index contributed by atoms with van der Waals surface area (Å²) in [6, 6.07) is 10.0. The number of amides is 1. The quantitative estimate of drug-likeness (QED) is 0.465. The summed E-state index contributed by atoms with van der Waals surface area (Å²) in [6.07, 6.45) is 9.67. The molecular weight excluding hydrogens is 477 g/mol. The molecule has 1 aromatic rings. The van der Waals surface area contributed by atoms with E-state index in [4.69, 9.17) is 4.74 Å². The molecule has 4 nitrogen and oxygen atoms in total.